The molecule has 0 aliphatic heterocycles. The molecular formula is C57H103N. The molecule has 0 radical (unpaired) electrons. The van der Waals surface area contributed by atoms with Crippen LogP contribution in [0.25, 0.3) is 0 Å². The number of nitrogens with zero attached hydrogens (tertiary/aromatic N) is 1. The van der Waals surface area contributed by atoms with Crippen LogP contribution in [0, 0.1) is 58.2 Å². The third-order valence-corrected chi connectivity index (χ3v) is 17.3. The average molecular weight is 802 g/mol. The topological polar surface area (TPSA) is 3.24 Å². The van der Waals surface area contributed by atoms with Crippen molar-refractivity contribution in [3.8, 4) is 0 Å². The van der Waals surface area contributed by atoms with Gasteiger partial charge in [0.05, 0.1) is 0 Å². The van der Waals surface area contributed by atoms with E-state index in [9.17, 15) is 0 Å². The van der Waals surface area contributed by atoms with Crippen LogP contribution in [0.3, 0.4) is 0 Å². The van der Waals surface area contributed by atoms with E-state index in [4.69, 9.17) is 0 Å². The fourth-order valence-corrected chi connectivity index (χ4v) is 13.8. The molecule has 0 aromatic rings. The van der Waals surface area contributed by atoms with Crippen LogP contribution in [-0.2, 0) is 0 Å². The molecule has 0 aromatic heterocycles. The highest BCUT2D eigenvalue weighted by Crippen LogP contribution is 2.67. The number of fused-ring (bicyclic) bond motifs is 5. The number of unbranched alkanes of at least 4 members (excludes halogenated alkanes) is 14. The van der Waals surface area contributed by atoms with Gasteiger partial charge in [0, 0.05) is 6.54 Å². The smallest absolute Gasteiger partial charge is 0.000356 e. The second kappa shape index (κ2) is 27.3. The molecule has 4 aliphatic carbocycles. The first-order valence-corrected chi connectivity index (χ1v) is 26.7. The molecule has 0 saturated heterocycles. The molecule has 0 N–H and O–H groups in total. The third kappa shape index (κ3) is 16.1. The van der Waals surface area contributed by atoms with Crippen molar-refractivity contribution in [2.45, 2.75) is 247 Å². The van der Waals surface area contributed by atoms with Crippen LogP contribution < -0.4 is 0 Å². The van der Waals surface area contributed by atoms with E-state index in [0.29, 0.717) is 10.8 Å². The van der Waals surface area contributed by atoms with Crippen molar-refractivity contribution >= 4 is 0 Å². The van der Waals surface area contributed by atoms with Crippen LogP contribution in [0.5, 0.6) is 0 Å². The Morgan fingerprint density at radius 3 is 1.95 bits per heavy atom. The highest BCUT2D eigenvalue weighted by molar-refractivity contribution is 5.25. The van der Waals surface area contributed by atoms with Crippen molar-refractivity contribution in [1.29, 1.82) is 0 Å². The monoisotopic (exact) mass is 802 g/mol. The number of hydrogen-bond acceptors (Lipinski definition) is 1. The minimum absolute atomic E-state index is 0.519. The molecule has 0 spiro atoms. The first kappa shape index (κ1) is 49.8. The van der Waals surface area contributed by atoms with Crippen LogP contribution in [0.2, 0.25) is 0 Å². The predicted molar refractivity (Wildman–Crippen MR) is 259 cm³/mol. The van der Waals surface area contributed by atoms with Gasteiger partial charge in [-0.3, -0.25) is 0 Å². The van der Waals surface area contributed by atoms with Crippen LogP contribution in [0.15, 0.2) is 36.0 Å². The van der Waals surface area contributed by atoms with Gasteiger partial charge in [0.2, 0.25) is 0 Å². The normalized spacial score (nSPS) is 29.6. The molecular weight excluding hydrogens is 699 g/mol. The lowest BCUT2D eigenvalue weighted by molar-refractivity contribution is -0.0529. The summed E-state index contributed by atoms with van der Waals surface area (Å²) in [4.78, 5) is 2.46. The Kier molecular flexibility index (Phi) is 23.4. The summed E-state index contributed by atoms with van der Waals surface area (Å²) in [6.07, 6.45) is 58.1. The summed E-state index contributed by atoms with van der Waals surface area (Å²) < 4.78 is 0. The van der Waals surface area contributed by atoms with Gasteiger partial charge in [-0.15, -0.1) is 0 Å². The molecule has 0 bridgehead atoms. The molecule has 4 rings (SSSR count). The lowest BCUT2D eigenvalue weighted by Crippen LogP contribution is -2.50. The molecule has 0 heterocycles. The van der Waals surface area contributed by atoms with E-state index in [1.807, 2.05) is 5.57 Å². The van der Waals surface area contributed by atoms with Crippen molar-refractivity contribution < 1.29 is 0 Å². The van der Waals surface area contributed by atoms with E-state index in [2.05, 4.69) is 90.9 Å². The Labute approximate surface area is 365 Å². The quantitative estimate of drug-likeness (QED) is 0.0499. The van der Waals surface area contributed by atoms with E-state index in [1.54, 1.807) is 0 Å². The van der Waals surface area contributed by atoms with E-state index < -0.39 is 0 Å². The zero-order chi connectivity index (χ0) is 41.6. The first-order chi connectivity index (χ1) is 28.1. The number of rotatable bonds is 31. The van der Waals surface area contributed by atoms with E-state index in [0.717, 1.165) is 53.8 Å². The number of allylic oxidation sites excluding steroid dienone is 6. The van der Waals surface area contributed by atoms with Gasteiger partial charge in [-0.1, -0.05) is 187 Å². The highest BCUT2D eigenvalue weighted by Gasteiger charge is 2.59. The van der Waals surface area contributed by atoms with Gasteiger partial charge in [-0.2, -0.15) is 0 Å². The molecule has 58 heavy (non-hydrogen) atoms. The first-order valence-electron chi connectivity index (χ1n) is 26.7. The molecule has 0 amide bonds. The zero-order valence-electron chi connectivity index (χ0n) is 40.8. The van der Waals surface area contributed by atoms with Gasteiger partial charge in [0.1, 0.15) is 0 Å². The molecule has 1 nitrogen and oxygen atoms in total. The summed E-state index contributed by atoms with van der Waals surface area (Å²) in [5, 5.41) is 0. The van der Waals surface area contributed by atoms with Crippen LogP contribution >= 0.6 is 0 Å². The number of hydrogen-bond donors (Lipinski definition) is 0. The minimum Gasteiger partial charge on any atom is -0.309 e. The minimum atomic E-state index is 0.519. The summed E-state index contributed by atoms with van der Waals surface area (Å²) in [5.41, 5.74) is 3.06. The van der Waals surface area contributed by atoms with E-state index in [1.165, 1.54) is 206 Å². The predicted octanol–water partition coefficient (Wildman–Crippen LogP) is 18.1. The maximum atomic E-state index is 2.85. The summed E-state index contributed by atoms with van der Waals surface area (Å²) in [6, 6.07) is 0. The van der Waals surface area contributed by atoms with Gasteiger partial charge >= 0.3 is 0 Å². The Morgan fingerprint density at radius 2 is 1.29 bits per heavy atom. The van der Waals surface area contributed by atoms with Gasteiger partial charge in [-0.05, 0) is 169 Å². The molecule has 3 saturated carbocycles. The summed E-state index contributed by atoms with van der Waals surface area (Å²) in [6.45, 7) is 16.5. The molecule has 0 aromatic carbocycles. The van der Waals surface area contributed by atoms with Gasteiger partial charge < -0.3 is 4.90 Å². The Morgan fingerprint density at radius 1 is 0.655 bits per heavy atom. The summed E-state index contributed by atoms with van der Waals surface area (Å²) >= 11 is 0. The molecule has 6 unspecified atom stereocenters. The fraction of sp³-hybridized carbons (Fsp3) is 0.895. The zero-order valence-corrected chi connectivity index (χ0v) is 40.8. The fourth-order valence-electron chi connectivity index (χ4n) is 13.8. The second-order valence-electron chi connectivity index (χ2n) is 22.6. The van der Waals surface area contributed by atoms with Crippen molar-refractivity contribution in [2.75, 3.05) is 20.6 Å². The Bertz CT molecular complexity index is 1160. The van der Waals surface area contributed by atoms with Gasteiger partial charge in [-0.25, -0.2) is 0 Å². The van der Waals surface area contributed by atoms with Crippen LogP contribution in [-0.4, -0.2) is 25.5 Å². The summed E-state index contributed by atoms with van der Waals surface area (Å²) in [7, 11) is 4.58. The second-order valence-corrected chi connectivity index (χ2v) is 22.6. The van der Waals surface area contributed by atoms with E-state index in [-0.39, 0.29) is 0 Å². The Balaban J connectivity index is 1.04. The Hall–Kier alpha value is -0.820. The largest absolute Gasteiger partial charge is 0.309 e. The maximum absolute atomic E-state index is 2.85. The van der Waals surface area contributed by atoms with Crippen molar-refractivity contribution in [2.24, 2.45) is 58.2 Å². The molecule has 9 atom stereocenters. The molecule has 4 aliphatic rings. The van der Waals surface area contributed by atoms with Gasteiger partial charge in [0.25, 0.3) is 0 Å². The third-order valence-electron chi connectivity index (χ3n) is 17.3. The molecule has 3 fully saturated rings. The molecule has 336 valence electrons. The lowest BCUT2D eigenvalue weighted by atomic mass is 9.46. The summed E-state index contributed by atoms with van der Waals surface area (Å²) in [5.74, 6) is 7.58. The van der Waals surface area contributed by atoms with Crippen molar-refractivity contribution in [1.82, 2.24) is 4.90 Å². The maximum Gasteiger partial charge on any atom is 0.000356 e. The van der Waals surface area contributed by atoms with Gasteiger partial charge in [0.15, 0.2) is 0 Å². The van der Waals surface area contributed by atoms with Crippen molar-refractivity contribution in [3.05, 3.63) is 36.0 Å². The SMILES string of the molecule is CCCCC/C=C\C/C=C\CCCCCCCCCCC(CCCCCC[C@H]1CC[C@@]2(C)C(=CCC3C4CCC(C(C)CCCC(C)C)[C@@]4(C)CCC32)C1)CN(C)C. The standard InChI is InChI=1S/C57H103N/c1-9-10-11-12-13-14-15-16-17-18-19-20-21-22-23-24-25-29-35-50(46-58(7)8)36-30-27-26-28-34-49-41-43-56(5)51(45-49)37-38-52-54-40-39-53(48(4)33-31-32-47(2)3)57(54,6)44-42-55(52)56/h13-14,16-17,37,47-50,52-55H,9-12,15,18-36,38-46H2,1-8H3/b14-13-,17-16-/t48?,49-,50?,52?,53?,54?,55?,56-,57+/m0/s1. The lowest BCUT2D eigenvalue weighted by Gasteiger charge is -2.58. The van der Waals surface area contributed by atoms with E-state index >= 15 is 0 Å². The van der Waals surface area contributed by atoms with Crippen LogP contribution in [0.1, 0.15) is 247 Å². The van der Waals surface area contributed by atoms with Crippen molar-refractivity contribution in [3.63, 3.8) is 0 Å². The average Bonchev–Trinajstić information content (AvgIpc) is 3.55. The van der Waals surface area contributed by atoms with Crippen LogP contribution in [0.4, 0.5) is 0 Å². The highest BCUT2D eigenvalue weighted by atomic mass is 15.1. The molecule has 1 heteroatoms.